The van der Waals surface area contributed by atoms with E-state index >= 15 is 0 Å². The van der Waals surface area contributed by atoms with Crippen molar-refractivity contribution in [1.29, 1.82) is 0 Å². The number of carbonyl (C=O) groups is 7. The number of allylic oxidation sites excluding steroid dienone is 10. The van der Waals surface area contributed by atoms with Gasteiger partial charge in [0.2, 0.25) is 29.4 Å². The number of aliphatic hydroxyl groups is 1. The average Bonchev–Trinajstić information content (AvgIpc) is 3.18. The van der Waals surface area contributed by atoms with Crippen LogP contribution in [0.5, 0.6) is 0 Å². The van der Waals surface area contributed by atoms with Gasteiger partial charge in [-0.15, -0.1) is 0 Å². The van der Waals surface area contributed by atoms with E-state index in [1.807, 2.05) is 39.8 Å². The van der Waals surface area contributed by atoms with Crippen molar-refractivity contribution in [2.75, 3.05) is 13.1 Å². The smallest absolute Gasteiger partial charge is 0.330 e. The number of ketones is 1. The molecule has 14 nitrogen and oxygen atoms in total. The maximum atomic E-state index is 13.3. The van der Waals surface area contributed by atoms with Gasteiger partial charge in [0.1, 0.15) is 6.04 Å². The maximum absolute atomic E-state index is 13.3. The highest BCUT2D eigenvalue weighted by Crippen LogP contribution is 2.13. The topological polar surface area (TPSA) is 220 Å². The van der Waals surface area contributed by atoms with Crippen molar-refractivity contribution < 1.29 is 43.8 Å². The highest BCUT2D eigenvalue weighted by molar-refractivity contribution is 6.38. The number of carboxylic acids is 1. The molecule has 7 N–H and O–H groups in total. The number of rotatable bonds is 22. The SMILES string of the molecule is C/C=C\C=CC/C=C\C.C=C/C=C(\C=C(C)O)CC(NC(=O)CNC(=O)CC)C(=O)NC(CCC)C(=O)C(=O)NCC(=O)NC(C(=O)O)c1ccccc1.CC. The molecule has 0 fully saturated rings. The summed E-state index contributed by atoms with van der Waals surface area (Å²) < 4.78 is 0. The Bertz CT molecular complexity index is 1560. The molecule has 56 heavy (non-hydrogen) atoms. The summed E-state index contributed by atoms with van der Waals surface area (Å²) >= 11 is 0. The predicted molar refractivity (Wildman–Crippen MR) is 219 cm³/mol. The summed E-state index contributed by atoms with van der Waals surface area (Å²) in [6, 6.07) is 3.89. The molecule has 308 valence electrons. The normalized spacial score (nSPS) is 12.8. The summed E-state index contributed by atoms with van der Waals surface area (Å²) in [7, 11) is 0. The van der Waals surface area contributed by atoms with Crippen LogP contribution in [0, 0.1) is 0 Å². The van der Waals surface area contributed by atoms with Gasteiger partial charge in [-0.3, -0.25) is 28.8 Å². The molecular weight excluding hydrogens is 718 g/mol. The molecule has 3 atom stereocenters. The van der Waals surface area contributed by atoms with E-state index in [2.05, 4.69) is 57.5 Å². The van der Waals surface area contributed by atoms with E-state index in [0.717, 1.165) is 6.42 Å². The Morgan fingerprint density at radius 2 is 1.41 bits per heavy atom. The lowest BCUT2D eigenvalue weighted by atomic mass is 10.0. The van der Waals surface area contributed by atoms with Crippen molar-refractivity contribution in [3.63, 3.8) is 0 Å². The summed E-state index contributed by atoms with van der Waals surface area (Å²) in [5.41, 5.74) is 0.705. The molecule has 0 aliphatic carbocycles. The van der Waals surface area contributed by atoms with Crippen molar-refractivity contribution in [3.8, 4) is 0 Å². The zero-order valence-corrected chi connectivity index (χ0v) is 33.7. The molecule has 0 aliphatic heterocycles. The molecule has 0 spiro atoms. The third kappa shape index (κ3) is 24.3. The largest absolute Gasteiger partial charge is 0.513 e. The first kappa shape index (κ1) is 52.1. The number of benzene rings is 1. The van der Waals surface area contributed by atoms with E-state index in [0.29, 0.717) is 17.6 Å². The molecule has 3 unspecified atom stereocenters. The molecule has 0 aliphatic rings. The second-order valence-electron chi connectivity index (χ2n) is 11.6. The van der Waals surface area contributed by atoms with Gasteiger partial charge < -0.3 is 36.8 Å². The van der Waals surface area contributed by atoms with Crippen LogP contribution in [-0.2, 0) is 33.6 Å². The number of hydrogen-bond acceptors (Lipinski definition) is 8. The molecule has 0 aromatic heterocycles. The van der Waals surface area contributed by atoms with E-state index in [4.69, 9.17) is 0 Å². The van der Waals surface area contributed by atoms with Crippen LogP contribution in [0.1, 0.15) is 92.2 Å². The van der Waals surface area contributed by atoms with Gasteiger partial charge in [-0.2, -0.15) is 0 Å². The minimum absolute atomic E-state index is 0.0392. The minimum atomic E-state index is -1.38. The molecule has 0 saturated heterocycles. The standard InChI is InChI=1S/C31H41N5O9.C9H14.C2H6/c1-5-11-20(15-19(4)37)16-23(34-25(39)17-32-24(38)7-3)29(42)35-22(12-6-2)28(41)30(43)33-18-26(40)36-27(31(44)45)21-13-9-8-10-14-21;1-3-5-7-9-8-6-4-2;1-2/h5,8-11,13-15,22-23,27,37H,1,6-7,12,16-18H2,2-4H3,(H,32,38)(H,33,43)(H,34,39)(H,35,42)(H,36,40)(H,44,45);3-7,9H,8H2,1-2H3;1-2H3/b19-15?,20-11+;5-3-,6-4-,9-7?;. The second-order valence-corrected chi connectivity index (χ2v) is 11.6. The van der Waals surface area contributed by atoms with Gasteiger partial charge in [0.15, 0.2) is 6.04 Å². The molecule has 1 aromatic rings. The van der Waals surface area contributed by atoms with Crippen LogP contribution < -0.4 is 26.6 Å². The number of hydrogen-bond donors (Lipinski definition) is 7. The molecule has 5 amide bonds. The molecule has 0 heterocycles. The van der Waals surface area contributed by atoms with Crippen molar-refractivity contribution in [2.24, 2.45) is 0 Å². The van der Waals surface area contributed by atoms with Crippen LogP contribution in [0.25, 0.3) is 0 Å². The number of carboxylic acid groups (broad SMARTS) is 1. The van der Waals surface area contributed by atoms with Gasteiger partial charge in [0.05, 0.1) is 24.9 Å². The lowest BCUT2D eigenvalue weighted by molar-refractivity contribution is -0.142. The zero-order chi connectivity index (χ0) is 42.9. The summed E-state index contributed by atoms with van der Waals surface area (Å²) in [4.78, 5) is 87.2. The maximum Gasteiger partial charge on any atom is 0.330 e. The van der Waals surface area contributed by atoms with Gasteiger partial charge in [0.25, 0.3) is 5.91 Å². The average molecular weight is 780 g/mol. The Labute approximate surface area is 331 Å². The summed E-state index contributed by atoms with van der Waals surface area (Å²) in [6.07, 6.45) is 18.1. The summed E-state index contributed by atoms with van der Waals surface area (Å²) in [5, 5.41) is 31.0. The molecule has 0 radical (unpaired) electrons. The molecular formula is C42H61N5O9. The Hall–Kier alpha value is -6.05. The van der Waals surface area contributed by atoms with Crippen LogP contribution in [-0.4, -0.2) is 76.7 Å². The molecule has 14 heteroatoms. The lowest BCUT2D eigenvalue weighted by Gasteiger charge is -2.23. The molecule has 0 bridgehead atoms. The highest BCUT2D eigenvalue weighted by atomic mass is 16.4. The third-order valence-electron chi connectivity index (χ3n) is 7.06. The van der Waals surface area contributed by atoms with E-state index in [1.54, 1.807) is 32.0 Å². The molecule has 1 rings (SSSR count). The van der Waals surface area contributed by atoms with Crippen molar-refractivity contribution in [2.45, 2.75) is 98.7 Å². The van der Waals surface area contributed by atoms with Crippen LogP contribution >= 0.6 is 0 Å². The Kier molecular flexibility index (Phi) is 30.1. The summed E-state index contributed by atoms with van der Waals surface area (Å²) in [6.45, 7) is 15.2. The van der Waals surface area contributed by atoms with E-state index in [9.17, 15) is 43.8 Å². The van der Waals surface area contributed by atoms with Gasteiger partial charge in [-0.25, -0.2) is 4.79 Å². The monoisotopic (exact) mass is 779 g/mol. The van der Waals surface area contributed by atoms with E-state index in [1.165, 1.54) is 37.3 Å². The second kappa shape index (κ2) is 32.4. The number of Topliss-reactive ketones (excluding diaryl/α,β-unsaturated/α-hetero) is 1. The lowest BCUT2D eigenvalue weighted by Crippen LogP contribution is -2.55. The fourth-order valence-electron chi connectivity index (χ4n) is 4.45. The fraction of sp³-hybridized carbons (Fsp3) is 0.405. The Morgan fingerprint density at radius 3 is 1.95 bits per heavy atom. The zero-order valence-electron chi connectivity index (χ0n) is 33.7. The van der Waals surface area contributed by atoms with Crippen LogP contribution in [0.15, 0.2) is 103 Å². The van der Waals surface area contributed by atoms with Crippen LogP contribution in [0.2, 0.25) is 0 Å². The van der Waals surface area contributed by atoms with E-state index in [-0.39, 0.29) is 30.9 Å². The first-order valence-corrected chi connectivity index (χ1v) is 18.6. The minimum Gasteiger partial charge on any atom is -0.513 e. The number of nitrogens with one attached hydrogen (secondary N) is 5. The van der Waals surface area contributed by atoms with Crippen molar-refractivity contribution in [3.05, 3.63) is 108 Å². The number of amides is 5. The first-order valence-electron chi connectivity index (χ1n) is 18.6. The highest BCUT2D eigenvalue weighted by Gasteiger charge is 2.31. The van der Waals surface area contributed by atoms with Crippen molar-refractivity contribution >= 4 is 41.3 Å². The number of carbonyl (C=O) groups excluding carboxylic acids is 6. The summed E-state index contributed by atoms with van der Waals surface area (Å²) in [5.74, 6) is -6.44. The van der Waals surface area contributed by atoms with Crippen LogP contribution in [0.4, 0.5) is 0 Å². The number of aliphatic carboxylic acids is 1. The predicted octanol–water partition coefficient (Wildman–Crippen LogP) is 4.99. The Balaban J connectivity index is 0. The van der Waals surface area contributed by atoms with Gasteiger partial charge in [-0.1, -0.05) is 120 Å². The fourth-order valence-corrected chi connectivity index (χ4v) is 4.45. The molecule has 0 saturated carbocycles. The quantitative estimate of drug-likeness (QED) is 0.0365. The van der Waals surface area contributed by atoms with Gasteiger partial charge >= 0.3 is 5.97 Å². The molecule has 1 aromatic carbocycles. The van der Waals surface area contributed by atoms with Gasteiger partial charge in [0, 0.05) is 12.8 Å². The first-order chi connectivity index (χ1) is 26.7. The third-order valence-corrected chi connectivity index (χ3v) is 7.06. The Morgan fingerprint density at radius 1 is 0.786 bits per heavy atom. The van der Waals surface area contributed by atoms with Crippen LogP contribution in [0.3, 0.4) is 0 Å². The number of aliphatic hydroxyl groups excluding tert-OH is 1. The van der Waals surface area contributed by atoms with E-state index < -0.39 is 66.6 Å². The van der Waals surface area contributed by atoms with Crippen molar-refractivity contribution in [1.82, 2.24) is 26.6 Å². The van der Waals surface area contributed by atoms with Gasteiger partial charge in [-0.05, 0) is 50.8 Å².